The summed E-state index contributed by atoms with van der Waals surface area (Å²) in [6.45, 7) is 4.22. The third-order valence-electron chi connectivity index (χ3n) is 6.58. The molecule has 178 valence electrons. The number of nitrogens with zero attached hydrogens (tertiary/aromatic N) is 1. The van der Waals surface area contributed by atoms with E-state index in [-0.39, 0.29) is 17.2 Å². The molecular weight excluding hydrogens is 438 g/mol. The molecule has 1 aliphatic carbocycles. The van der Waals surface area contributed by atoms with Gasteiger partial charge in [0.25, 0.3) is 0 Å². The third kappa shape index (κ3) is 4.28. The Bertz CT molecular complexity index is 1310. The number of ketones is 1. The molecule has 0 spiro atoms. The van der Waals surface area contributed by atoms with Crippen LogP contribution in [0.3, 0.4) is 0 Å². The predicted octanol–water partition coefficient (Wildman–Crippen LogP) is 6.54. The maximum atomic E-state index is 14.0. The third-order valence-corrected chi connectivity index (χ3v) is 6.58. The Morgan fingerprint density at radius 3 is 2.43 bits per heavy atom. The quantitative estimate of drug-likeness (QED) is 0.459. The van der Waals surface area contributed by atoms with Crippen molar-refractivity contribution in [2.45, 2.75) is 32.7 Å². The minimum Gasteiger partial charge on any atom is -0.495 e. The molecule has 35 heavy (non-hydrogen) atoms. The van der Waals surface area contributed by atoms with Crippen LogP contribution in [0.5, 0.6) is 5.75 Å². The number of rotatable bonds is 3. The van der Waals surface area contributed by atoms with Gasteiger partial charge in [0.2, 0.25) is 0 Å². The molecule has 0 radical (unpaired) electrons. The maximum Gasteiger partial charge on any atom is 0.327 e. The predicted molar refractivity (Wildman–Crippen MR) is 139 cm³/mol. The van der Waals surface area contributed by atoms with Gasteiger partial charge in [0.05, 0.1) is 30.2 Å². The van der Waals surface area contributed by atoms with Crippen molar-refractivity contribution in [2.75, 3.05) is 22.6 Å². The zero-order valence-corrected chi connectivity index (χ0v) is 20.2. The second-order valence-electron chi connectivity index (χ2n) is 9.79. The van der Waals surface area contributed by atoms with E-state index < -0.39 is 6.04 Å². The SMILES string of the molecule is COc1ccccc1NC(=O)N1c2ccccc2NC2=C(C(=O)CC(C)(C)C2)[C@@H]1c1ccccc1. The van der Waals surface area contributed by atoms with Crippen LogP contribution in [0, 0.1) is 5.41 Å². The fraction of sp³-hybridized carbons (Fsp3) is 0.241. The Balaban J connectivity index is 1.71. The summed E-state index contributed by atoms with van der Waals surface area (Å²) in [5.74, 6) is 0.620. The molecule has 2 N–H and O–H groups in total. The lowest BCUT2D eigenvalue weighted by Gasteiger charge is -2.37. The Kier molecular flexibility index (Phi) is 5.81. The highest BCUT2D eigenvalue weighted by atomic mass is 16.5. The molecule has 0 saturated heterocycles. The van der Waals surface area contributed by atoms with E-state index in [0.717, 1.165) is 16.9 Å². The molecule has 1 atom stereocenters. The normalized spacial score (nSPS) is 18.7. The number of Topliss-reactive ketones (excluding diaryl/α,β-unsaturated/α-hetero) is 1. The lowest BCUT2D eigenvalue weighted by molar-refractivity contribution is -0.118. The molecule has 1 heterocycles. The van der Waals surface area contributed by atoms with Crippen molar-refractivity contribution >= 4 is 28.9 Å². The van der Waals surface area contributed by atoms with Crippen molar-refractivity contribution in [1.82, 2.24) is 0 Å². The topological polar surface area (TPSA) is 70.7 Å². The van der Waals surface area contributed by atoms with Crippen LogP contribution in [0.25, 0.3) is 0 Å². The van der Waals surface area contributed by atoms with Crippen LogP contribution in [0.1, 0.15) is 38.3 Å². The van der Waals surface area contributed by atoms with E-state index in [1.807, 2.05) is 66.7 Å². The largest absolute Gasteiger partial charge is 0.495 e. The molecule has 6 nitrogen and oxygen atoms in total. The lowest BCUT2D eigenvalue weighted by Crippen LogP contribution is -2.41. The molecule has 0 saturated carbocycles. The number of amides is 2. The first-order valence-corrected chi connectivity index (χ1v) is 11.8. The van der Waals surface area contributed by atoms with Crippen LogP contribution in [-0.2, 0) is 4.79 Å². The van der Waals surface area contributed by atoms with Gasteiger partial charge >= 0.3 is 6.03 Å². The Hall–Kier alpha value is -4.06. The van der Waals surface area contributed by atoms with Crippen LogP contribution in [-0.4, -0.2) is 18.9 Å². The number of carbonyl (C=O) groups is 2. The van der Waals surface area contributed by atoms with Crippen molar-refractivity contribution in [3.8, 4) is 5.75 Å². The molecule has 0 bridgehead atoms. The van der Waals surface area contributed by atoms with Gasteiger partial charge < -0.3 is 15.4 Å². The van der Waals surface area contributed by atoms with E-state index in [4.69, 9.17) is 4.74 Å². The lowest BCUT2D eigenvalue weighted by atomic mass is 9.73. The van der Waals surface area contributed by atoms with Gasteiger partial charge in [-0.1, -0.05) is 68.4 Å². The summed E-state index contributed by atoms with van der Waals surface area (Å²) in [4.78, 5) is 29.4. The van der Waals surface area contributed by atoms with Crippen molar-refractivity contribution in [3.63, 3.8) is 0 Å². The Morgan fingerprint density at radius 1 is 0.971 bits per heavy atom. The number of benzene rings is 3. The first-order chi connectivity index (χ1) is 16.9. The number of fused-ring (bicyclic) bond motifs is 1. The van der Waals surface area contributed by atoms with E-state index in [2.05, 4.69) is 24.5 Å². The van der Waals surface area contributed by atoms with Gasteiger partial charge in [0.15, 0.2) is 5.78 Å². The number of hydrogen-bond acceptors (Lipinski definition) is 4. The highest BCUT2D eigenvalue weighted by Crippen LogP contribution is 2.48. The molecule has 2 amide bonds. The van der Waals surface area contributed by atoms with Crippen LogP contribution < -0.4 is 20.3 Å². The van der Waals surface area contributed by atoms with Crippen molar-refractivity contribution in [3.05, 3.63) is 95.7 Å². The van der Waals surface area contributed by atoms with Gasteiger partial charge in [-0.2, -0.15) is 0 Å². The monoisotopic (exact) mass is 467 g/mol. The maximum absolute atomic E-state index is 14.0. The second-order valence-corrected chi connectivity index (χ2v) is 9.79. The van der Waals surface area contributed by atoms with Crippen LogP contribution >= 0.6 is 0 Å². The standard InChI is InChI=1S/C29H29N3O3/c1-29(2)17-22-26(24(33)18-29)27(19-11-5-4-6-12-19)32(23-15-9-7-13-20(23)30-22)28(34)31-21-14-8-10-16-25(21)35-3/h4-16,27,30H,17-18H2,1-3H3,(H,31,34)/t27-/m0/s1. The van der Waals surface area contributed by atoms with Gasteiger partial charge in [-0.15, -0.1) is 0 Å². The highest BCUT2D eigenvalue weighted by Gasteiger charge is 2.43. The van der Waals surface area contributed by atoms with Crippen LogP contribution in [0.4, 0.5) is 21.9 Å². The van der Waals surface area contributed by atoms with Gasteiger partial charge in [-0.25, -0.2) is 4.79 Å². The molecule has 1 aliphatic heterocycles. The molecule has 0 unspecified atom stereocenters. The first kappa shape index (κ1) is 22.7. The van der Waals surface area contributed by atoms with E-state index in [0.29, 0.717) is 35.5 Å². The number of urea groups is 1. The molecule has 3 aromatic rings. The minimum atomic E-state index is -0.583. The summed E-state index contributed by atoms with van der Waals surface area (Å²) >= 11 is 0. The molecule has 3 aromatic carbocycles. The first-order valence-electron chi connectivity index (χ1n) is 11.8. The van der Waals surface area contributed by atoms with Crippen molar-refractivity contribution in [2.24, 2.45) is 5.41 Å². The summed E-state index contributed by atoms with van der Waals surface area (Å²) < 4.78 is 5.46. The van der Waals surface area contributed by atoms with Crippen LogP contribution in [0.15, 0.2) is 90.1 Å². The average Bonchev–Trinajstić information content (AvgIpc) is 2.98. The van der Waals surface area contributed by atoms with E-state index in [9.17, 15) is 9.59 Å². The number of carbonyl (C=O) groups excluding carboxylic acids is 2. The molecular formula is C29H29N3O3. The fourth-order valence-electron chi connectivity index (χ4n) is 5.08. The van der Waals surface area contributed by atoms with Crippen molar-refractivity contribution in [1.29, 1.82) is 0 Å². The molecule has 0 fully saturated rings. The minimum absolute atomic E-state index is 0.0560. The fourth-order valence-corrected chi connectivity index (χ4v) is 5.08. The Morgan fingerprint density at radius 2 is 1.66 bits per heavy atom. The average molecular weight is 468 g/mol. The summed E-state index contributed by atoms with van der Waals surface area (Å²) in [6, 6.07) is 23.8. The zero-order valence-electron chi connectivity index (χ0n) is 20.2. The number of allylic oxidation sites excluding steroid dienone is 1. The molecule has 0 aromatic heterocycles. The summed E-state index contributed by atoms with van der Waals surface area (Å²) in [6.07, 6.45) is 1.14. The number of methoxy groups -OCH3 is 1. The molecule has 2 aliphatic rings. The Labute approximate surface area is 205 Å². The number of para-hydroxylation sites is 4. The van der Waals surface area contributed by atoms with Gasteiger partial charge in [0.1, 0.15) is 5.75 Å². The number of ether oxygens (including phenoxy) is 1. The summed E-state index contributed by atoms with van der Waals surface area (Å²) in [5.41, 5.74) is 4.27. The number of hydrogen-bond donors (Lipinski definition) is 2. The number of nitrogens with one attached hydrogen (secondary N) is 2. The highest BCUT2D eigenvalue weighted by molar-refractivity contribution is 6.09. The molecule has 5 rings (SSSR count). The smallest absolute Gasteiger partial charge is 0.327 e. The van der Waals surface area contributed by atoms with Gasteiger partial charge in [0, 0.05) is 17.7 Å². The van der Waals surface area contributed by atoms with Crippen molar-refractivity contribution < 1.29 is 14.3 Å². The van der Waals surface area contributed by atoms with E-state index in [1.165, 1.54) is 0 Å². The number of anilines is 3. The summed E-state index contributed by atoms with van der Waals surface area (Å²) in [5, 5.41) is 6.56. The second kappa shape index (κ2) is 8.95. The zero-order chi connectivity index (χ0) is 24.6. The van der Waals surface area contributed by atoms with E-state index >= 15 is 0 Å². The van der Waals surface area contributed by atoms with Crippen LogP contribution in [0.2, 0.25) is 0 Å². The van der Waals surface area contributed by atoms with Gasteiger partial charge in [-0.05, 0) is 41.7 Å². The van der Waals surface area contributed by atoms with Gasteiger partial charge in [-0.3, -0.25) is 9.69 Å². The summed E-state index contributed by atoms with van der Waals surface area (Å²) in [7, 11) is 1.57. The molecule has 6 heteroatoms. The van der Waals surface area contributed by atoms with E-state index in [1.54, 1.807) is 24.1 Å².